The number of aliphatic imine (C=N–C) groups is 1. The second-order valence-corrected chi connectivity index (χ2v) is 7.11. The molecule has 0 radical (unpaired) electrons. The molecule has 3 aromatic rings. The molecular weight excluding hydrogens is 362 g/mol. The summed E-state index contributed by atoms with van der Waals surface area (Å²) in [5.41, 5.74) is 2.24. The number of nitrogens with one attached hydrogen (secondary N) is 1. The van der Waals surface area contributed by atoms with E-state index < -0.39 is 5.63 Å². The van der Waals surface area contributed by atoms with E-state index in [0.29, 0.717) is 36.2 Å². The van der Waals surface area contributed by atoms with Gasteiger partial charge >= 0.3 is 5.63 Å². The minimum absolute atomic E-state index is 0.103. The summed E-state index contributed by atoms with van der Waals surface area (Å²) >= 11 is 1.66. The molecule has 7 heteroatoms. The first-order chi connectivity index (χ1) is 13.1. The normalized spacial score (nSPS) is 12.0. The highest BCUT2D eigenvalue weighted by molar-refractivity contribution is 7.08. The van der Waals surface area contributed by atoms with Gasteiger partial charge in [0.1, 0.15) is 11.2 Å². The van der Waals surface area contributed by atoms with Crippen molar-refractivity contribution in [3.05, 3.63) is 60.6 Å². The maximum absolute atomic E-state index is 12.4. The topological polar surface area (TPSA) is 88.3 Å². The number of aryl methyl sites for hydroxylation is 1. The summed E-state index contributed by atoms with van der Waals surface area (Å²) < 4.78 is 5.14. The third-order valence-corrected chi connectivity index (χ3v) is 5.08. The van der Waals surface area contributed by atoms with Gasteiger partial charge < -0.3 is 9.40 Å². The molecule has 142 valence electrons. The van der Waals surface area contributed by atoms with Crippen LogP contribution in [-0.4, -0.2) is 22.2 Å². The van der Waals surface area contributed by atoms with Crippen LogP contribution in [0.1, 0.15) is 50.1 Å². The molecule has 1 N–H and O–H groups in total. The first-order valence-corrected chi connectivity index (χ1v) is 10.2. The number of aromatic amines is 1. The van der Waals surface area contributed by atoms with E-state index in [-0.39, 0.29) is 11.3 Å². The van der Waals surface area contributed by atoms with E-state index in [1.165, 1.54) is 6.07 Å². The van der Waals surface area contributed by atoms with Crippen molar-refractivity contribution in [3.63, 3.8) is 0 Å². The first kappa shape index (κ1) is 19.2. The van der Waals surface area contributed by atoms with Crippen molar-refractivity contribution in [2.75, 3.05) is 6.54 Å². The second kappa shape index (κ2) is 8.90. The summed E-state index contributed by atoms with van der Waals surface area (Å²) in [5, 5.41) is 4.50. The molecule has 6 nitrogen and oxygen atoms in total. The Morgan fingerprint density at radius 1 is 1.33 bits per heavy atom. The van der Waals surface area contributed by atoms with Crippen molar-refractivity contribution in [2.24, 2.45) is 4.99 Å². The van der Waals surface area contributed by atoms with Gasteiger partial charge in [0.05, 0.1) is 0 Å². The van der Waals surface area contributed by atoms with Gasteiger partial charge in [-0.3, -0.25) is 9.79 Å². The number of hydrogen-bond donors (Lipinski definition) is 1. The van der Waals surface area contributed by atoms with Crippen molar-refractivity contribution >= 4 is 28.1 Å². The van der Waals surface area contributed by atoms with Gasteiger partial charge in [-0.15, -0.1) is 0 Å². The average Bonchev–Trinajstić information content (AvgIpc) is 3.18. The van der Waals surface area contributed by atoms with Crippen LogP contribution in [0, 0.1) is 0 Å². The number of fused-ring (bicyclic) bond motifs is 1. The van der Waals surface area contributed by atoms with Crippen LogP contribution in [0.2, 0.25) is 0 Å². The third-order valence-electron chi connectivity index (χ3n) is 4.40. The van der Waals surface area contributed by atoms with Crippen molar-refractivity contribution in [1.82, 2.24) is 9.97 Å². The number of H-pyrrole nitrogens is 1. The van der Waals surface area contributed by atoms with E-state index in [0.717, 1.165) is 30.5 Å². The van der Waals surface area contributed by atoms with E-state index >= 15 is 0 Å². The molecule has 0 amide bonds. The summed E-state index contributed by atoms with van der Waals surface area (Å²) in [6.45, 7) is 4.56. The van der Waals surface area contributed by atoms with E-state index in [1.807, 2.05) is 12.3 Å². The number of unbranched alkanes of at least 4 members (excludes halogenated alkanes) is 1. The Morgan fingerprint density at radius 3 is 2.89 bits per heavy atom. The van der Waals surface area contributed by atoms with Crippen molar-refractivity contribution < 1.29 is 4.42 Å². The number of rotatable bonds is 8. The van der Waals surface area contributed by atoms with Gasteiger partial charge in [0.15, 0.2) is 0 Å². The van der Waals surface area contributed by atoms with E-state index in [4.69, 9.17) is 9.41 Å². The number of aromatic nitrogens is 2. The second-order valence-electron chi connectivity index (χ2n) is 6.33. The standard InChI is InChI=1S/C20H23N3O3S/c1-3-5-6-15(14-8-10-27-12-14)21-9-7-16-22-19(25)18-13(4-2)11-17(24)26-20(18)23-16/h8,10-12H,3-7,9H2,1-2H3,(H,22,23,25). The third kappa shape index (κ3) is 4.60. The molecule has 3 rings (SSSR count). The lowest BCUT2D eigenvalue weighted by Crippen LogP contribution is -2.16. The number of nitrogens with zero attached hydrogens (tertiary/aromatic N) is 2. The zero-order valence-electron chi connectivity index (χ0n) is 15.6. The fourth-order valence-corrected chi connectivity index (χ4v) is 3.64. The zero-order chi connectivity index (χ0) is 19.2. The molecule has 0 aliphatic carbocycles. The van der Waals surface area contributed by atoms with Crippen LogP contribution >= 0.6 is 11.3 Å². The molecule has 0 aliphatic heterocycles. The smallest absolute Gasteiger partial charge is 0.337 e. The first-order valence-electron chi connectivity index (χ1n) is 9.24. The Hall–Kier alpha value is -2.54. The Morgan fingerprint density at radius 2 is 2.19 bits per heavy atom. The molecule has 0 saturated heterocycles. The summed E-state index contributed by atoms with van der Waals surface area (Å²) in [6.07, 6.45) is 4.18. The van der Waals surface area contributed by atoms with Gasteiger partial charge in [-0.1, -0.05) is 20.3 Å². The molecule has 0 saturated carbocycles. The molecule has 3 heterocycles. The Kier molecular flexibility index (Phi) is 6.34. The van der Waals surface area contributed by atoms with Gasteiger partial charge in [0.2, 0.25) is 5.71 Å². The van der Waals surface area contributed by atoms with Gasteiger partial charge in [0, 0.05) is 30.3 Å². The molecule has 27 heavy (non-hydrogen) atoms. The van der Waals surface area contributed by atoms with E-state index in [9.17, 15) is 9.59 Å². The van der Waals surface area contributed by atoms with E-state index in [1.54, 1.807) is 11.3 Å². The predicted octanol–water partition coefficient (Wildman–Crippen LogP) is 3.72. The van der Waals surface area contributed by atoms with Crippen LogP contribution in [0.5, 0.6) is 0 Å². The molecule has 0 unspecified atom stereocenters. The van der Waals surface area contributed by atoms with Crippen LogP contribution in [0.4, 0.5) is 0 Å². The van der Waals surface area contributed by atoms with Gasteiger partial charge in [-0.05, 0) is 41.7 Å². The maximum atomic E-state index is 12.4. The van der Waals surface area contributed by atoms with Gasteiger partial charge in [-0.2, -0.15) is 16.3 Å². The number of hydrogen-bond acceptors (Lipinski definition) is 6. The minimum atomic E-state index is -0.485. The van der Waals surface area contributed by atoms with Crippen LogP contribution in [0.15, 0.2) is 41.9 Å². The van der Waals surface area contributed by atoms with Crippen molar-refractivity contribution in [3.8, 4) is 0 Å². The maximum Gasteiger partial charge on any atom is 0.337 e. The van der Waals surface area contributed by atoms with E-state index in [2.05, 4.69) is 28.3 Å². The summed E-state index contributed by atoms with van der Waals surface area (Å²) in [6, 6.07) is 3.43. The molecule has 0 fully saturated rings. The van der Waals surface area contributed by atoms with Crippen LogP contribution in [0.3, 0.4) is 0 Å². The number of thiophene rings is 1. The quantitative estimate of drug-likeness (QED) is 0.599. The lowest BCUT2D eigenvalue weighted by molar-refractivity contribution is 0.543. The molecule has 0 aliphatic rings. The summed E-state index contributed by atoms with van der Waals surface area (Å²) in [4.78, 5) is 36.0. The largest absolute Gasteiger partial charge is 0.403 e. The highest BCUT2D eigenvalue weighted by Gasteiger charge is 2.11. The lowest BCUT2D eigenvalue weighted by atomic mass is 10.1. The molecular formula is C20H23N3O3S. The molecule has 3 aromatic heterocycles. The van der Waals surface area contributed by atoms with Gasteiger partial charge in [-0.25, -0.2) is 4.79 Å². The fourth-order valence-electron chi connectivity index (χ4n) is 2.97. The SMILES string of the molecule is CCCCC(=NCCc1nc2oc(=O)cc(CC)c2c(=O)[nH]1)c1ccsc1. The lowest BCUT2D eigenvalue weighted by Gasteiger charge is -2.06. The molecule has 0 bridgehead atoms. The Bertz CT molecular complexity index is 1050. The molecule has 0 atom stereocenters. The minimum Gasteiger partial charge on any atom is -0.403 e. The fraction of sp³-hybridized carbons (Fsp3) is 0.400. The highest BCUT2D eigenvalue weighted by atomic mass is 32.1. The Balaban J connectivity index is 1.84. The van der Waals surface area contributed by atoms with Crippen LogP contribution in [0.25, 0.3) is 11.1 Å². The summed E-state index contributed by atoms with van der Waals surface area (Å²) in [5.74, 6) is 0.479. The molecule has 0 spiro atoms. The highest BCUT2D eigenvalue weighted by Crippen LogP contribution is 2.13. The average molecular weight is 385 g/mol. The monoisotopic (exact) mass is 385 g/mol. The van der Waals surface area contributed by atoms with Crippen LogP contribution in [-0.2, 0) is 12.8 Å². The molecule has 0 aromatic carbocycles. The summed E-state index contributed by atoms with van der Waals surface area (Å²) in [7, 11) is 0. The predicted molar refractivity (Wildman–Crippen MR) is 109 cm³/mol. The van der Waals surface area contributed by atoms with Crippen LogP contribution < -0.4 is 11.2 Å². The zero-order valence-corrected chi connectivity index (χ0v) is 16.4. The van der Waals surface area contributed by atoms with Gasteiger partial charge in [0.25, 0.3) is 5.56 Å². The van der Waals surface area contributed by atoms with Crippen molar-refractivity contribution in [2.45, 2.75) is 46.0 Å². The van der Waals surface area contributed by atoms with Crippen molar-refractivity contribution in [1.29, 1.82) is 0 Å². The Labute approximate surface area is 161 Å².